The van der Waals surface area contributed by atoms with Gasteiger partial charge in [0.25, 0.3) is 0 Å². The van der Waals surface area contributed by atoms with Crippen molar-refractivity contribution in [3.05, 3.63) is 204 Å². The summed E-state index contributed by atoms with van der Waals surface area (Å²) >= 11 is 0. The summed E-state index contributed by atoms with van der Waals surface area (Å²) in [4.78, 5) is 0. The highest BCUT2D eigenvalue weighted by atomic mass is 14.5. The summed E-state index contributed by atoms with van der Waals surface area (Å²) in [5.41, 5.74) is 13.0. The second kappa shape index (κ2) is 9.81. The summed E-state index contributed by atoms with van der Waals surface area (Å²) in [6, 6.07) is 68.7. The second-order valence-electron chi connectivity index (χ2n) is 14.4. The normalized spacial score (nSPS) is 13.6. The molecule has 0 amide bonds. The monoisotopic (exact) mass is 642 g/mol. The lowest BCUT2D eigenvalue weighted by Crippen LogP contribution is -2.25. The number of fused-ring (bicyclic) bond motifs is 17. The maximum atomic E-state index is 2.52. The second-order valence-corrected chi connectivity index (χ2v) is 14.4. The Morgan fingerprint density at radius 2 is 0.745 bits per heavy atom. The molecule has 0 fully saturated rings. The summed E-state index contributed by atoms with van der Waals surface area (Å²) in [6.07, 6.45) is 0. The molecular weight excluding hydrogens is 613 g/mol. The zero-order valence-electron chi connectivity index (χ0n) is 27.8. The molecule has 51 heavy (non-hydrogen) atoms. The van der Waals surface area contributed by atoms with Crippen LogP contribution in [0.1, 0.15) is 22.3 Å². The van der Waals surface area contributed by atoms with Crippen molar-refractivity contribution in [3.8, 4) is 33.4 Å². The number of hydrogen-bond acceptors (Lipinski definition) is 0. The van der Waals surface area contributed by atoms with Crippen molar-refractivity contribution in [1.29, 1.82) is 0 Å². The molecule has 0 radical (unpaired) electrons. The van der Waals surface area contributed by atoms with E-state index in [1.807, 2.05) is 0 Å². The summed E-state index contributed by atoms with van der Waals surface area (Å²) in [7, 11) is 0. The Morgan fingerprint density at radius 3 is 1.47 bits per heavy atom. The van der Waals surface area contributed by atoms with Crippen molar-refractivity contribution in [3.63, 3.8) is 0 Å². The van der Waals surface area contributed by atoms with E-state index >= 15 is 0 Å². The Hall–Kier alpha value is -6.50. The number of hydrogen-bond donors (Lipinski definition) is 0. The largest absolute Gasteiger partial charge is 0.0725 e. The van der Waals surface area contributed by atoms with E-state index in [0.29, 0.717) is 0 Å². The highest BCUT2D eigenvalue weighted by Crippen LogP contribution is 2.63. The molecule has 0 aromatic heterocycles. The van der Waals surface area contributed by atoms with E-state index in [4.69, 9.17) is 0 Å². The Morgan fingerprint density at radius 1 is 0.255 bits per heavy atom. The van der Waals surface area contributed by atoms with Gasteiger partial charge in [-0.3, -0.25) is 0 Å². The summed E-state index contributed by atoms with van der Waals surface area (Å²) in [5, 5.41) is 12.9. The SMILES string of the molecule is c1ccc2c(c1)-c1ccccc1C21c2cc3ccccc3cc2-c2cc3ccc(-c4cc5ccc6ccccc6c5c5ccccc45)cc3cc21. The van der Waals surface area contributed by atoms with Crippen molar-refractivity contribution >= 4 is 53.9 Å². The maximum Gasteiger partial charge on any atom is 0.0725 e. The smallest absolute Gasteiger partial charge is 0.0619 e. The van der Waals surface area contributed by atoms with Crippen LogP contribution in [0.2, 0.25) is 0 Å². The Balaban J connectivity index is 1.16. The minimum absolute atomic E-state index is 0.386. The van der Waals surface area contributed by atoms with Gasteiger partial charge >= 0.3 is 0 Å². The lowest BCUT2D eigenvalue weighted by Gasteiger charge is -2.30. The molecule has 0 unspecified atom stereocenters. The van der Waals surface area contributed by atoms with Gasteiger partial charge in [0.15, 0.2) is 0 Å². The van der Waals surface area contributed by atoms with Gasteiger partial charge in [0.1, 0.15) is 0 Å². The fourth-order valence-electron chi connectivity index (χ4n) is 9.85. The molecule has 12 rings (SSSR count). The molecule has 0 nitrogen and oxygen atoms in total. The fraction of sp³-hybridized carbons (Fsp3) is 0.0196. The standard InChI is InChI=1S/C51H30/c1-2-13-33-29-48-44(26-32(33)12-1)45-27-34-22-23-35(43-28-36-24-21-31-11-3-4-14-38(31)50(36)42-18-6-5-15-39(42)43)25-37(34)30-49(45)51(48)46-19-9-7-16-40(46)41-17-8-10-20-47(41)51/h1-30H. The van der Waals surface area contributed by atoms with Crippen LogP contribution in [0.4, 0.5) is 0 Å². The van der Waals surface area contributed by atoms with Gasteiger partial charge in [0.2, 0.25) is 0 Å². The Bertz CT molecular complexity index is 3100. The Kier molecular flexibility index (Phi) is 5.26. The molecule has 0 atom stereocenters. The van der Waals surface area contributed by atoms with Crippen molar-refractivity contribution < 1.29 is 0 Å². The van der Waals surface area contributed by atoms with E-state index in [9.17, 15) is 0 Å². The van der Waals surface area contributed by atoms with Gasteiger partial charge in [-0.25, -0.2) is 0 Å². The maximum absolute atomic E-state index is 2.52. The molecule has 234 valence electrons. The summed E-state index contributed by atoms with van der Waals surface area (Å²) in [6.45, 7) is 0. The van der Waals surface area contributed by atoms with E-state index in [2.05, 4.69) is 182 Å². The van der Waals surface area contributed by atoms with Gasteiger partial charge in [-0.15, -0.1) is 0 Å². The molecule has 2 aliphatic rings. The van der Waals surface area contributed by atoms with Crippen LogP contribution in [-0.4, -0.2) is 0 Å². The average Bonchev–Trinajstić information content (AvgIpc) is 3.64. The van der Waals surface area contributed by atoms with Gasteiger partial charge in [0.05, 0.1) is 5.41 Å². The zero-order valence-corrected chi connectivity index (χ0v) is 27.8. The first-order valence-corrected chi connectivity index (χ1v) is 17.9. The molecule has 0 N–H and O–H groups in total. The van der Waals surface area contributed by atoms with E-state index in [1.165, 1.54) is 109 Å². The van der Waals surface area contributed by atoms with E-state index in [0.717, 1.165) is 0 Å². The third-order valence-electron chi connectivity index (χ3n) is 12.0. The number of rotatable bonds is 1. The predicted octanol–water partition coefficient (Wildman–Crippen LogP) is 13.5. The van der Waals surface area contributed by atoms with Crippen molar-refractivity contribution in [2.75, 3.05) is 0 Å². The van der Waals surface area contributed by atoms with Crippen molar-refractivity contribution in [2.45, 2.75) is 5.41 Å². The third kappa shape index (κ3) is 3.49. The van der Waals surface area contributed by atoms with Gasteiger partial charge in [-0.2, -0.15) is 0 Å². The molecule has 2 aliphatic carbocycles. The molecule has 10 aromatic rings. The van der Waals surface area contributed by atoms with Gasteiger partial charge in [0, 0.05) is 0 Å². The van der Waals surface area contributed by atoms with E-state index in [-0.39, 0.29) is 5.41 Å². The first kappa shape index (κ1) is 27.3. The number of benzene rings is 10. The Labute approximate surface area is 295 Å². The fourth-order valence-corrected chi connectivity index (χ4v) is 9.85. The quantitative estimate of drug-likeness (QED) is 0.156. The van der Waals surface area contributed by atoms with Gasteiger partial charge < -0.3 is 0 Å². The minimum atomic E-state index is -0.386. The first-order chi connectivity index (χ1) is 25.3. The molecule has 0 heterocycles. The summed E-state index contributed by atoms with van der Waals surface area (Å²) in [5.74, 6) is 0. The highest BCUT2D eigenvalue weighted by molar-refractivity contribution is 6.23. The van der Waals surface area contributed by atoms with E-state index in [1.54, 1.807) is 0 Å². The van der Waals surface area contributed by atoms with Crippen LogP contribution in [0, 0.1) is 0 Å². The van der Waals surface area contributed by atoms with Crippen LogP contribution in [-0.2, 0) is 5.41 Å². The molecule has 0 saturated carbocycles. The van der Waals surface area contributed by atoms with Crippen molar-refractivity contribution in [1.82, 2.24) is 0 Å². The third-order valence-corrected chi connectivity index (χ3v) is 12.0. The van der Waals surface area contributed by atoms with Gasteiger partial charge in [-0.1, -0.05) is 146 Å². The highest BCUT2D eigenvalue weighted by Gasteiger charge is 2.51. The van der Waals surface area contributed by atoms with Gasteiger partial charge in [-0.05, 0) is 146 Å². The van der Waals surface area contributed by atoms with Crippen LogP contribution >= 0.6 is 0 Å². The van der Waals surface area contributed by atoms with Crippen LogP contribution < -0.4 is 0 Å². The van der Waals surface area contributed by atoms with Crippen molar-refractivity contribution in [2.24, 2.45) is 0 Å². The van der Waals surface area contributed by atoms with E-state index < -0.39 is 0 Å². The predicted molar refractivity (Wildman–Crippen MR) is 216 cm³/mol. The lowest BCUT2D eigenvalue weighted by atomic mass is 9.70. The summed E-state index contributed by atoms with van der Waals surface area (Å²) < 4.78 is 0. The minimum Gasteiger partial charge on any atom is -0.0619 e. The molecule has 1 spiro atoms. The molecule has 0 saturated heterocycles. The molecule has 0 bridgehead atoms. The molecule has 0 heteroatoms. The average molecular weight is 643 g/mol. The molecule has 10 aromatic carbocycles. The lowest BCUT2D eigenvalue weighted by molar-refractivity contribution is 0.796. The zero-order chi connectivity index (χ0) is 33.3. The van der Waals surface area contributed by atoms with Crippen LogP contribution in [0.5, 0.6) is 0 Å². The first-order valence-electron chi connectivity index (χ1n) is 17.9. The molecular formula is C51H30. The molecule has 0 aliphatic heterocycles. The van der Waals surface area contributed by atoms with Crippen LogP contribution in [0.3, 0.4) is 0 Å². The van der Waals surface area contributed by atoms with Crippen LogP contribution in [0.15, 0.2) is 182 Å². The topological polar surface area (TPSA) is 0 Å². The van der Waals surface area contributed by atoms with Crippen LogP contribution in [0.25, 0.3) is 87.2 Å².